The molecule has 6 heteroatoms. The van der Waals surface area contributed by atoms with Gasteiger partial charge < -0.3 is 14.6 Å². The predicted molar refractivity (Wildman–Crippen MR) is 80.2 cm³/mol. The van der Waals surface area contributed by atoms with Crippen LogP contribution in [0.25, 0.3) is 0 Å². The number of hydrogen-bond donors (Lipinski definition) is 1. The summed E-state index contributed by atoms with van der Waals surface area (Å²) in [6, 6.07) is 2.84. The van der Waals surface area contributed by atoms with Gasteiger partial charge in [0.25, 0.3) is 5.91 Å². The zero-order valence-corrected chi connectivity index (χ0v) is 13.3. The third kappa shape index (κ3) is 2.70. The maximum atomic E-state index is 14.1. The Hall–Kier alpha value is -1.40. The van der Waals surface area contributed by atoms with Gasteiger partial charge in [-0.2, -0.15) is 0 Å². The van der Waals surface area contributed by atoms with E-state index >= 15 is 0 Å². The molecule has 1 saturated heterocycles. The highest BCUT2D eigenvalue weighted by atomic mass is 19.1. The molecule has 0 saturated carbocycles. The smallest absolute Gasteiger partial charge is 0.399 e. The largest absolute Gasteiger partial charge is 0.495 e. The monoisotopic (exact) mass is 293 g/mol. The number of aryl methyl sites for hydroxylation is 1. The zero-order valence-electron chi connectivity index (χ0n) is 13.3. The molecule has 0 spiro atoms. The minimum atomic E-state index is -0.636. The van der Waals surface area contributed by atoms with Crippen molar-refractivity contribution in [2.24, 2.45) is 0 Å². The first-order chi connectivity index (χ1) is 9.59. The summed E-state index contributed by atoms with van der Waals surface area (Å²) in [4.78, 5) is 11.6. The quantitative estimate of drug-likeness (QED) is 0.846. The number of nitrogens with one attached hydrogen (secondary N) is 1. The van der Waals surface area contributed by atoms with Crippen LogP contribution in [-0.4, -0.2) is 31.3 Å². The summed E-state index contributed by atoms with van der Waals surface area (Å²) in [6.07, 6.45) is 0. The van der Waals surface area contributed by atoms with Crippen molar-refractivity contribution in [1.29, 1.82) is 0 Å². The van der Waals surface area contributed by atoms with Crippen LogP contribution in [0.2, 0.25) is 0 Å². The Labute approximate surface area is 125 Å². The average Bonchev–Trinajstić information content (AvgIpc) is 2.59. The van der Waals surface area contributed by atoms with Gasteiger partial charge >= 0.3 is 7.12 Å². The van der Waals surface area contributed by atoms with Gasteiger partial charge in [-0.05, 0) is 52.2 Å². The van der Waals surface area contributed by atoms with Gasteiger partial charge in [0.2, 0.25) is 0 Å². The maximum absolute atomic E-state index is 14.1. The van der Waals surface area contributed by atoms with Crippen molar-refractivity contribution in [2.75, 3.05) is 7.05 Å². The van der Waals surface area contributed by atoms with Crippen molar-refractivity contribution >= 4 is 18.5 Å². The van der Waals surface area contributed by atoms with Crippen molar-refractivity contribution in [3.05, 3.63) is 29.1 Å². The molecule has 1 amide bonds. The molecule has 1 fully saturated rings. The van der Waals surface area contributed by atoms with E-state index in [1.165, 1.54) is 19.2 Å². The topological polar surface area (TPSA) is 47.6 Å². The molecule has 1 aliphatic rings. The molecule has 2 rings (SSSR count). The van der Waals surface area contributed by atoms with Gasteiger partial charge in [0.05, 0.1) is 16.8 Å². The average molecular weight is 293 g/mol. The van der Waals surface area contributed by atoms with Crippen LogP contribution in [0.1, 0.15) is 43.6 Å². The van der Waals surface area contributed by atoms with Crippen LogP contribution in [0.3, 0.4) is 0 Å². The van der Waals surface area contributed by atoms with Crippen LogP contribution in [0, 0.1) is 12.7 Å². The highest BCUT2D eigenvalue weighted by Gasteiger charge is 2.52. The van der Waals surface area contributed by atoms with Crippen LogP contribution in [0.15, 0.2) is 12.1 Å². The number of rotatable bonds is 2. The number of amides is 1. The Balaban J connectivity index is 2.39. The second-order valence-corrected chi connectivity index (χ2v) is 6.36. The highest BCUT2D eigenvalue weighted by molar-refractivity contribution is 6.62. The molecule has 0 atom stereocenters. The summed E-state index contributed by atoms with van der Waals surface area (Å²) < 4.78 is 26.0. The Morgan fingerprint density at radius 2 is 1.71 bits per heavy atom. The van der Waals surface area contributed by atoms with E-state index in [9.17, 15) is 9.18 Å². The Bertz CT molecular complexity index is 571. The highest BCUT2D eigenvalue weighted by Crippen LogP contribution is 2.36. The van der Waals surface area contributed by atoms with E-state index in [-0.39, 0.29) is 5.56 Å². The third-order valence-corrected chi connectivity index (χ3v) is 4.33. The molecule has 0 bridgehead atoms. The van der Waals surface area contributed by atoms with Gasteiger partial charge in [-0.3, -0.25) is 4.79 Å². The Morgan fingerprint density at radius 3 is 2.19 bits per heavy atom. The normalized spacial score (nSPS) is 19.7. The fraction of sp³-hybridized carbons (Fsp3) is 0.533. The van der Waals surface area contributed by atoms with Gasteiger partial charge in [-0.1, -0.05) is 5.56 Å². The summed E-state index contributed by atoms with van der Waals surface area (Å²) in [7, 11) is 0.836. The molecule has 0 radical (unpaired) electrons. The van der Waals surface area contributed by atoms with Crippen LogP contribution in [0.5, 0.6) is 0 Å². The van der Waals surface area contributed by atoms with E-state index in [2.05, 4.69) is 5.32 Å². The molecular formula is C15H21BFNO3. The first-order valence-corrected chi connectivity index (χ1v) is 6.97. The van der Waals surface area contributed by atoms with E-state index in [0.717, 1.165) is 5.56 Å². The summed E-state index contributed by atoms with van der Waals surface area (Å²) in [5.74, 6) is -1.03. The minimum Gasteiger partial charge on any atom is -0.399 e. The van der Waals surface area contributed by atoms with Crippen molar-refractivity contribution in [2.45, 2.75) is 45.8 Å². The lowest BCUT2D eigenvalue weighted by atomic mass is 9.75. The maximum Gasteiger partial charge on any atom is 0.495 e. The molecular weight excluding hydrogens is 272 g/mol. The third-order valence-electron chi connectivity index (χ3n) is 4.33. The van der Waals surface area contributed by atoms with Gasteiger partial charge in [-0.15, -0.1) is 0 Å². The molecule has 0 aromatic heterocycles. The second-order valence-electron chi connectivity index (χ2n) is 6.36. The zero-order chi connectivity index (χ0) is 16.0. The Morgan fingerprint density at radius 1 is 1.19 bits per heavy atom. The van der Waals surface area contributed by atoms with Gasteiger partial charge in [0, 0.05) is 7.05 Å². The van der Waals surface area contributed by atoms with Crippen LogP contribution < -0.4 is 10.8 Å². The van der Waals surface area contributed by atoms with Crippen molar-refractivity contribution in [3.63, 3.8) is 0 Å². The van der Waals surface area contributed by atoms with Crippen molar-refractivity contribution in [3.8, 4) is 0 Å². The minimum absolute atomic E-state index is 0.0234. The lowest BCUT2D eigenvalue weighted by Gasteiger charge is -2.32. The fourth-order valence-electron chi connectivity index (χ4n) is 2.23. The van der Waals surface area contributed by atoms with E-state index < -0.39 is 30.0 Å². The Kier molecular flexibility index (Phi) is 3.89. The van der Waals surface area contributed by atoms with E-state index in [0.29, 0.717) is 5.46 Å². The van der Waals surface area contributed by atoms with Crippen molar-refractivity contribution < 1.29 is 18.5 Å². The number of carbonyl (C=O) groups excluding carboxylic acids is 1. The first-order valence-electron chi connectivity index (χ1n) is 6.97. The number of hydrogen-bond acceptors (Lipinski definition) is 3. The lowest BCUT2D eigenvalue weighted by molar-refractivity contribution is 0.00578. The van der Waals surface area contributed by atoms with E-state index in [1.54, 1.807) is 0 Å². The molecule has 1 aromatic carbocycles. The molecule has 1 aromatic rings. The van der Waals surface area contributed by atoms with Gasteiger partial charge in [-0.25, -0.2) is 4.39 Å². The standard InChI is InChI=1S/C15H21BFNO3/c1-9-7-10(13(19)18-6)12(17)8-11(9)16-20-14(2,3)15(4,5)21-16/h7-8H,1-6H3,(H,18,19). The summed E-state index contributed by atoms with van der Waals surface area (Å²) in [5, 5.41) is 2.42. The molecule has 0 unspecified atom stereocenters. The van der Waals surface area contributed by atoms with Crippen LogP contribution in [-0.2, 0) is 9.31 Å². The van der Waals surface area contributed by atoms with Gasteiger partial charge in [0.15, 0.2) is 0 Å². The van der Waals surface area contributed by atoms with Crippen LogP contribution >= 0.6 is 0 Å². The molecule has 21 heavy (non-hydrogen) atoms. The summed E-state index contributed by atoms with van der Waals surface area (Å²) in [5.41, 5.74) is 0.419. The number of halogens is 1. The van der Waals surface area contributed by atoms with E-state index in [4.69, 9.17) is 9.31 Å². The molecule has 114 valence electrons. The predicted octanol–water partition coefficient (Wildman–Crippen LogP) is 1.79. The number of carbonyl (C=O) groups is 1. The number of benzene rings is 1. The van der Waals surface area contributed by atoms with Gasteiger partial charge in [0.1, 0.15) is 5.82 Å². The summed E-state index contributed by atoms with van der Waals surface area (Å²) >= 11 is 0. The molecule has 1 N–H and O–H groups in total. The van der Waals surface area contributed by atoms with E-state index in [1.807, 2.05) is 34.6 Å². The SMILES string of the molecule is CNC(=O)c1cc(C)c(B2OC(C)(C)C(C)(C)O2)cc1F. The molecule has 1 heterocycles. The molecule has 4 nitrogen and oxygen atoms in total. The summed E-state index contributed by atoms with van der Waals surface area (Å²) in [6.45, 7) is 9.58. The molecule has 0 aliphatic carbocycles. The van der Waals surface area contributed by atoms with Crippen LogP contribution in [0.4, 0.5) is 4.39 Å². The van der Waals surface area contributed by atoms with Crippen molar-refractivity contribution in [1.82, 2.24) is 5.32 Å². The lowest BCUT2D eigenvalue weighted by Crippen LogP contribution is -2.41. The second kappa shape index (κ2) is 5.11. The molecule has 1 aliphatic heterocycles. The fourth-order valence-corrected chi connectivity index (χ4v) is 2.23. The first kappa shape index (κ1) is 16.0.